The molecule has 0 saturated carbocycles. The first-order valence-corrected chi connectivity index (χ1v) is 14.2. The molecule has 0 radical (unpaired) electrons. The van der Waals surface area contributed by atoms with Crippen molar-refractivity contribution < 1.29 is 29.2 Å². The number of carbonyl (C=O) groups is 1. The molecule has 0 aliphatic heterocycles. The number of nitrogens with one attached hydrogen (secondary N) is 1. The minimum atomic E-state index is -1.12. The van der Waals surface area contributed by atoms with Gasteiger partial charge in [-0.3, -0.25) is 4.79 Å². The number of amides is 1. The molecule has 0 fully saturated rings. The maximum Gasteiger partial charge on any atom is 0.258 e. The normalized spacial score (nSPS) is 13.6. The lowest BCUT2D eigenvalue weighted by molar-refractivity contribution is -0.102. The fourth-order valence-electron chi connectivity index (χ4n) is 5.34. The fourth-order valence-corrected chi connectivity index (χ4v) is 5.34. The Morgan fingerprint density at radius 3 is 2.07 bits per heavy atom. The van der Waals surface area contributed by atoms with E-state index in [1.165, 1.54) is 19.2 Å². The van der Waals surface area contributed by atoms with Crippen LogP contribution in [0.3, 0.4) is 0 Å². The van der Waals surface area contributed by atoms with Gasteiger partial charge in [0.05, 0.1) is 23.5 Å². The number of carbonyl (C=O) groups excluding carboxylic acids is 1. The molecule has 1 unspecified atom stereocenters. The lowest BCUT2D eigenvalue weighted by atomic mass is 9.94. The van der Waals surface area contributed by atoms with Crippen molar-refractivity contribution in [2.45, 2.75) is 64.1 Å². The topological polar surface area (TPSA) is 104 Å². The van der Waals surface area contributed by atoms with Crippen LogP contribution in [0.25, 0.3) is 22.4 Å². The van der Waals surface area contributed by atoms with Gasteiger partial charge in [0.2, 0.25) is 0 Å². The number of anilines is 1. The maximum atomic E-state index is 14.1. The second kappa shape index (κ2) is 14.4. The van der Waals surface area contributed by atoms with Gasteiger partial charge in [0.25, 0.3) is 5.91 Å². The zero-order chi connectivity index (χ0) is 30.2. The van der Waals surface area contributed by atoms with Crippen molar-refractivity contribution in [3.05, 3.63) is 102 Å². The lowest BCUT2D eigenvalue weighted by Gasteiger charge is -2.21. The number of para-hydroxylation sites is 1. The molecule has 3 aromatic carbocycles. The monoisotopic (exact) mass is 574 g/mol. The summed E-state index contributed by atoms with van der Waals surface area (Å²) in [4.78, 5) is 14.1. The summed E-state index contributed by atoms with van der Waals surface area (Å²) in [6.45, 7) is 4.36. The molecule has 4 aromatic rings. The smallest absolute Gasteiger partial charge is 0.258 e. The van der Waals surface area contributed by atoms with Crippen molar-refractivity contribution in [3.63, 3.8) is 0 Å². The minimum absolute atomic E-state index is 0.0168. The molecule has 1 heterocycles. The Hall–Kier alpha value is -3.82. The van der Waals surface area contributed by atoms with Gasteiger partial charge in [-0.05, 0) is 66.3 Å². The third kappa shape index (κ3) is 7.52. The molecule has 0 spiro atoms. The van der Waals surface area contributed by atoms with E-state index in [0.29, 0.717) is 17.8 Å². The Bertz CT molecular complexity index is 1440. The summed E-state index contributed by atoms with van der Waals surface area (Å²) in [6.07, 6.45) is -2.64. The molecule has 42 heavy (non-hydrogen) atoms. The minimum Gasteiger partial charge on any atom is -0.393 e. The predicted octanol–water partition coefficient (Wildman–Crippen LogP) is 6.19. The van der Waals surface area contributed by atoms with Crippen LogP contribution in [0.5, 0.6) is 0 Å². The van der Waals surface area contributed by atoms with E-state index in [1.54, 1.807) is 12.1 Å². The third-order valence-corrected chi connectivity index (χ3v) is 7.27. The number of ether oxygens (including phenoxy) is 1. The number of hydrogen-bond donors (Lipinski definition) is 4. The van der Waals surface area contributed by atoms with Gasteiger partial charge in [0, 0.05) is 37.0 Å². The van der Waals surface area contributed by atoms with E-state index in [1.807, 2.05) is 79.1 Å². The SMILES string of the molecule is COC(O)C[C@H](O)C[C@H](O)CCn1c(-c2ccc(F)cc2)c(-c2ccccc2)c(C(=O)Nc2ccccc2)c1C(C)C. The second-order valence-electron chi connectivity index (χ2n) is 10.7. The summed E-state index contributed by atoms with van der Waals surface area (Å²) in [6, 6.07) is 25.1. The molecule has 8 heteroatoms. The second-order valence-corrected chi connectivity index (χ2v) is 10.7. The van der Waals surface area contributed by atoms with Crippen LogP contribution in [0.1, 0.15) is 55.1 Å². The van der Waals surface area contributed by atoms with Crippen molar-refractivity contribution in [2.75, 3.05) is 12.4 Å². The number of halogens is 1. The first kappa shape index (κ1) is 31.1. The highest BCUT2D eigenvalue weighted by Gasteiger charge is 2.31. The molecular formula is C34H39FN2O5. The van der Waals surface area contributed by atoms with Gasteiger partial charge in [-0.1, -0.05) is 62.4 Å². The average molecular weight is 575 g/mol. The Morgan fingerprint density at radius 1 is 0.857 bits per heavy atom. The molecule has 0 aliphatic carbocycles. The summed E-state index contributed by atoms with van der Waals surface area (Å²) < 4.78 is 20.9. The first-order valence-electron chi connectivity index (χ1n) is 14.2. The van der Waals surface area contributed by atoms with E-state index in [4.69, 9.17) is 4.74 Å². The highest BCUT2D eigenvalue weighted by Crippen LogP contribution is 2.42. The van der Waals surface area contributed by atoms with Crippen molar-refractivity contribution in [1.29, 1.82) is 0 Å². The highest BCUT2D eigenvalue weighted by atomic mass is 19.1. The number of aromatic nitrogens is 1. The van der Waals surface area contributed by atoms with E-state index in [9.17, 15) is 24.5 Å². The van der Waals surface area contributed by atoms with Gasteiger partial charge in [-0.15, -0.1) is 0 Å². The average Bonchev–Trinajstić information content (AvgIpc) is 3.33. The Labute approximate surface area is 246 Å². The Balaban J connectivity index is 1.85. The molecule has 3 atom stereocenters. The van der Waals surface area contributed by atoms with Gasteiger partial charge in [0.15, 0.2) is 6.29 Å². The van der Waals surface area contributed by atoms with Gasteiger partial charge in [-0.2, -0.15) is 0 Å². The van der Waals surface area contributed by atoms with Crippen LogP contribution in [0.2, 0.25) is 0 Å². The predicted molar refractivity (Wildman–Crippen MR) is 163 cm³/mol. The first-order chi connectivity index (χ1) is 20.2. The van der Waals surface area contributed by atoms with Gasteiger partial charge < -0.3 is 29.9 Å². The fraction of sp³-hybridized carbons (Fsp3) is 0.324. The molecular weight excluding hydrogens is 535 g/mol. The van der Waals surface area contributed by atoms with E-state index in [-0.39, 0.29) is 36.9 Å². The third-order valence-electron chi connectivity index (χ3n) is 7.27. The van der Waals surface area contributed by atoms with Crippen LogP contribution in [0.15, 0.2) is 84.9 Å². The van der Waals surface area contributed by atoms with Crippen molar-refractivity contribution in [1.82, 2.24) is 4.57 Å². The highest BCUT2D eigenvalue weighted by molar-refractivity contribution is 6.12. The number of benzene rings is 3. The largest absolute Gasteiger partial charge is 0.393 e. The molecule has 0 bridgehead atoms. The van der Waals surface area contributed by atoms with Crippen molar-refractivity contribution in [2.24, 2.45) is 0 Å². The number of nitrogens with zero attached hydrogens (tertiary/aromatic N) is 1. The van der Waals surface area contributed by atoms with Crippen LogP contribution >= 0.6 is 0 Å². The van der Waals surface area contributed by atoms with Crippen LogP contribution in [-0.2, 0) is 11.3 Å². The van der Waals surface area contributed by atoms with Crippen molar-refractivity contribution in [3.8, 4) is 22.4 Å². The number of rotatable bonds is 13. The van der Waals surface area contributed by atoms with Crippen LogP contribution in [-0.4, -0.2) is 51.4 Å². The van der Waals surface area contributed by atoms with Crippen LogP contribution in [0, 0.1) is 5.82 Å². The maximum absolute atomic E-state index is 14.1. The summed E-state index contributed by atoms with van der Waals surface area (Å²) >= 11 is 0. The van der Waals surface area contributed by atoms with E-state index >= 15 is 0 Å². The zero-order valence-corrected chi connectivity index (χ0v) is 24.2. The van der Waals surface area contributed by atoms with Crippen LogP contribution < -0.4 is 5.32 Å². The number of methoxy groups -OCH3 is 1. The summed E-state index contributed by atoms with van der Waals surface area (Å²) in [5.74, 6) is -0.722. The number of hydrogen-bond acceptors (Lipinski definition) is 5. The summed E-state index contributed by atoms with van der Waals surface area (Å²) in [7, 11) is 1.35. The summed E-state index contributed by atoms with van der Waals surface area (Å²) in [5, 5.41) is 33.9. The quantitative estimate of drug-likeness (QED) is 0.143. The van der Waals surface area contributed by atoms with Gasteiger partial charge >= 0.3 is 0 Å². The lowest BCUT2D eigenvalue weighted by Crippen LogP contribution is -2.25. The molecule has 0 saturated heterocycles. The number of aliphatic hydroxyl groups is 3. The molecule has 7 nitrogen and oxygen atoms in total. The van der Waals surface area contributed by atoms with Gasteiger partial charge in [-0.25, -0.2) is 4.39 Å². The molecule has 1 aromatic heterocycles. The summed E-state index contributed by atoms with van der Waals surface area (Å²) in [5.41, 5.74) is 4.98. The van der Waals surface area contributed by atoms with Crippen LogP contribution in [0.4, 0.5) is 10.1 Å². The van der Waals surface area contributed by atoms with E-state index in [0.717, 1.165) is 28.1 Å². The molecule has 222 valence electrons. The Morgan fingerprint density at radius 2 is 1.48 bits per heavy atom. The zero-order valence-electron chi connectivity index (χ0n) is 24.2. The standard InChI is InChI=1S/C34H39FN2O5/c1-22(2)32-31(34(41)36-26-12-8-5-9-13-26)30(23-10-6-4-7-11-23)33(24-14-16-25(35)17-15-24)37(32)19-18-27(38)20-28(39)21-29(40)42-3/h4-17,22,27-29,38-40H,18-21H2,1-3H3,(H,36,41)/t27-,28-,29?/m1/s1. The van der Waals surface area contributed by atoms with E-state index in [2.05, 4.69) is 5.32 Å². The molecule has 1 amide bonds. The molecule has 4 N–H and O–H groups in total. The number of aliphatic hydroxyl groups excluding tert-OH is 3. The molecule has 0 aliphatic rings. The van der Waals surface area contributed by atoms with E-state index < -0.39 is 18.5 Å². The molecule has 4 rings (SSSR count). The van der Waals surface area contributed by atoms with Gasteiger partial charge in [0.1, 0.15) is 5.82 Å². The Kier molecular flexibility index (Phi) is 10.7. The van der Waals surface area contributed by atoms with Crippen molar-refractivity contribution >= 4 is 11.6 Å².